The zero-order valence-corrected chi connectivity index (χ0v) is 18.0. The van der Waals surface area contributed by atoms with Crippen molar-refractivity contribution in [3.63, 3.8) is 0 Å². The van der Waals surface area contributed by atoms with Crippen LogP contribution in [0.15, 0.2) is 41.0 Å². The molecule has 0 saturated carbocycles. The smallest absolute Gasteiger partial charge is 0.404 e. The quantitative estimate of drug-likeness (QED) is 0.535. The third-order valence-electron chi connectivity index (χ3n) is 5.72. The van der Waals surface area contributed by atoms with Crippen LogP contribution in [0.5, 0.6) is 0 Å². The van der Waals surface area contributed by atoms with E-state index in [4.69, 9.17) is 14.5 Å². The monoisotopic (exact) mass is 438 g/mol. The van der Waals surface area contributed by atoms with Gasteiger partial charge in [0.1, 0.15) is 5.52 Å². The number of aromatic nitrogens is 2. The van der Waals surface area contributed by atoms with E-state index in [-0.39, 0.29) is 5.91 Å². The van der Waals surface area contributed by atoms with Crippen molar-refractivity contribution in [2.45, 2.75) is 19.8 Å². The summed E-state index contributed by atoms with van der Waals surface area (Å²) in [5.74, 6) is 1.45. The number of nitrogens with zero attached hydrogens (tertiary/aromatic N) is 4. The second-order valence-corrected chi connectivity index (χ2v) is 7.87. The topological polar surface area (TPSA) is 124 Å². The highest BCUT2D eigenvalue weighted by molar-refractivity contribution is 5.91. The summed E-state index contributed by atoms with van der Waals surface area (Å²) in [7, 11) is 1.73. The van der Waals surface area contributed by atoms with E-state index >= 15 is 0 Å². The number of benzene rings is 1. The molecule has 168 valence electrons. The van der Waals surface area contributed by atoms with E-state index < -0.39 is 6.09 Å². The van der Waals surface area contributed by atoms with E-state index in [9.17, 15) is 9.59 Å². The van der Waals surface area contributed by atoms with E-state index in [0.717, 1.165) is 43.1 Å². The summed E-state index contributed by atoms with van der Waals surface area (Å²) in [6.45, 7) is 3.49. The first kappa shape index (κ1) is 21.4. The fraction of sp³-hybridized carbons (Fsp3) is 0.364. The van der Waals surface area contributed by atoms with Crippen molar-refractivity contribution in [2.24, 2.45) is 5.92 Å². The fourth-order valence-corrected chi connectivity index (χ4v) is 3.78. The molecule has 2 amide bonds. The normalized spacial score (nSPS) is 14.4. The molecule has 0 spiro atoms. The molecule has 10 heteroatoms. The Kier molecular flexibility index (Phi) is 6.11. The standard InChI is InChI=1S/C22H26N6O4/c1-14(29)27(2)17-5-3-16(4-6-17)24-21-25-18-9-12-32-19(18)20(26-21)28-10-7-15(8-11-28)13-23-22(30)31/h3-6,9,12,15,23H,7-8,10-11,13H2,1-2H3,(H,30,31)(H,24,25,26). The van der Waals surface area contributed by atoms with Gasteiger partial charge in [-0.15, -0.1) is 0 Å². The Morgan fingerprint density at radius 2 is 1.91 bits per heavy atom. The van der Waals surface area contributed by atoms with Gasteiger partial charge in [0.2, 0.25) is 11.9 Å². The third kappa shape index (κ3) is 4.74. The minimum Gasteiger partial charge on any atom is -0.465 e. The number of furan rings is 1. The van der Waals surface area contributed by atoms with Gasteiger partial charge in [-0.3, -0.25) is 4.79 Å². The largest absolute Gasteiger partial charge is 0.465 e. The van der Waals surface area contributed by atoms with Crippen LogP contribution >= 0.6 is 0 Å². The number of amides is 2. The molecule has 2 aromatic heterocycles. The maximum Gasteiger partial charge on any atom is 0.404 e. The highest BCUT2D eigenvalue weighted by Gasteiger charge is 2.24. The van der Waals surface area contributed by atoms with Gasteiger partial charge in [-0.2, -0.15) is 4.98 Å². The van der Waals surface area contributed by atoms with Crippen LogP contribution in [0, 0.1) is 5.92 Å². The summed E-state index contributed by atoms with van der Waals surface area (Å²) in [5, 5.41) is 14.5. The van der Waals surface area contributed by atoms with E-state index in [1.165, 1.54) is 6.92 Å². The SMILES string of the molecule is CC(=O)N(C)c1ccc(Nc2nc(N3CCC(CNC(=O)O)CC3)c3occc3n2)cc1. The van der Waals surface area contributed by atoms with Crippen molar-refractivity contribution < 1.29 is 19.1 Å². The lowest BCUT2D eigenvalue weighted by Gasteiger charge is -2.32. The average Bonchev–Trinajstić information content (AvgIpc) is 3.26. The van der Waals surface area contributed by atoms with Crippen molar-refractivity contribution in [3.05, 3.63) is 36.6 Å². The molecular formula is C22H26N6O4. The summed E-state index contributed by atoms with van der Waals surface area (Å²) >= 11 is 0. The summed E-state index contributed by atoms with van der Waals surface area (Å²) in [6, 6.07) is 9.27. The van der Waals surface area contributed by atoms with E-state index in [1.807, 2.05) is 24.3 Å². The molecule has 1 aliphatic heterocycles. The van der Waals surface area contributed by atoms with Gasteiger partial charge in [0.05, 0.1) is 6.26 Å². The zero-order valence-electron chi connectivity index (χ0n) is 18.0. The first-order valence-corrected chi connectivity index (χ1v) is 10.5. The summed E-state index contributed by atoms with van der Waals surface area (Å²) in [4.78, 5) is 35.3. The molecule has 4 rings (SSSR count). The number of carbonyl (C=O) groups excluding carboxylic acids is 1. The molecule has 0 unspecified atom stereocenters. The van der Waals surface area contributed by atoms with Gasteiger partial charge >= 0.3 is 6.09 Å². The van der Waals surface area contributed by atoms with Crippen LogP contribution in [0.4, 0.5) is 27.9 Å². The molecule has 1 fully saturated rings. The lowest BCUT2D eigenvalue weighted by atomic mass is 9.97. The first-order valence-electron chi connectivity index (χ1n) is 10.5. The minimum atomic E-state index is -0.989. The molecule has 0 radical (unpaired) electrons. The maximum atomic E-state index is 11.5. The lowest BCUT2D eigenvalue weighted by molar-refractivity contribution is -0.116. The van der Waals surface area contributed by atoms with Gasteiger partial charge in [0, 0.05) is 51.0 Å². The molecule has 3 aromatic rings. The highest BCUT2D eigenvalue weighted by Crippen LogP contribution is 2.30. The van der Waals surface area contributed by atoms with Crippen LogP contribution < -0.4 is 20.4 Å². The molecule has 10 nitrogen and oxygen atoms in total. The predicted molar refractivity (Wildman–Crippen MR) is 122 cm³/mol. The lowest BCUT2D eigenvalue weighted by Crippen LogP contribution is -2.38. The van der Waals surface area contributed by atoms with Gasteiger partial charge < -0.3 is 30.0 Å². The van der Waals surface area contributed by atoms with Gasteiger partial charge in [-0.1, -0.05) is 0 Å². The number of piperidine rings is 1. The van der Waals surface area contributed by atoms with Crippen molar-refractivity contribution in [1.29, 1.82) is 0 Å². The Labute approximate surface area is 185 Å². The van der Waals surface area contributed by atoms with Crippen molar-refractivity contribution in [1.82, 2.24) is 15.3 Å². The molecule has 0 atom stereocenters. The minimum absolute atomic E-state index is 0.0356. The molecule has 3 N–H and O–H groups in total. The number of fused-ring (bicyclic) bond motifs is 1. The molecule has 1 saturated heterocycles. The second kappa shape index (κ2) is 9.13. The molecular weight excluding hydrogens is 412 g/mol. The molecule has 1 aliphatic rings. The molecule has 0 aliphatic carbocycles. The number of anilines is 4. The number of hydrogen-bond acceptors (Lipinski definition) is 7. The van der Waals surface area contributed by atoms with Crippen LogP contribution in [-0.4, -0.2) is 53.8 Å². The highest BCUT2D eigenvalue weighted by atomic mass is 16.4. The Balaban J connectivity index is 1.50. The number of carbonyl (C=O) groups is 2. The van der Waals surface area contributed by atoms with Gasteiger partial charge in [-0.25, -0.2) is 9.78 Å². The van der Waals surface area contributed by atoms with Crippen molar-refractivity contribution >= 4 is 46.2 Å². The Hall–Kier alpha value is -3.82. The van der Waals surface area contributed by atoms with Crippen LogP contribution in [0.1, 0.15) is 19.8 Å². The number of rotatable bonds is 6. The van der Waals surface area contributed by atoms with E-state index in [0.29, 0.717) is 29.5 Å². The predicted octanol–water partition coefficient (Wildman–Crippen LogP) is 3.43. The van der Waals surface area contributed by atoms with Crippen LogP contribution in [-0.2, 0) is 4.79 Å². The zero-order chi connectivity index (χ0) is 22.7. The Morgan fingerprint density at radius 3 is 2.56 bits per heavy atom. The summed E-state index contributed by atoms with van der Waals surface area (Å²) < 4.78 is 5.66. The Bertz CT molecular complexity index is 1110. The fourth-order valence-electron chi connectivity index (χ4n) is 3.78. The number of nitrogens with one attached hydrogen (secondary N) is 2. The first-order chi connectivity index (χ1) is 15.4. The van der Waals surface area contributed by atoms with Crippen molar-refractivity contribution in [2.75, 3.05) is 41.8 Å². The molecule has 1 aromatic carbocycles. The number of hydrogen-bond donors (Lipinski definition) is 3. The van der Waals surface area contributed by atoms with Crippen LogP contribution in [0.3, 0.4) is 0 Å². The van der Waals surface area contributed by atoms with Crippen LogP contribution in [0.25, 0.3) is 11.1 Å². The van der Waals surface area contributed by atoms with Gasteiger partial charge in [0.25, 0.3) is 0 Å². The maximum absolute atomic E-state index is 11.5. The third-order valence-corrected chi connectivity index (χ3v) is 5.72. The van der Waals surface area contributed by atoms with Gasteiger partial charge in [0.15, 0.2) is 11.4 Å². The summed E-state index contributed by atoms with van der Waals surface area (Å²) in [6.07, 6.45) is 2.33. The van der Waals surface area contributed by atoms with Crippen molar-refractivity contribution in [3.8, 4) is 0 Å². The summed E-state index contributed by atoms with van der Waals surface area (Å²) in [5.41, 5.74) is 2.95. The van der Waals surface area contributed by atoms with E-state index in [2.05, 4.69) is 20.5 Å². The molecule has 0 bridgehead atoms. The molecule has 3 heterocycles. The average molecular weight is 438 g/mol. The molecule has 32 heavy (non-hydrogen) atoms. The van der Waals surface area contributed by atoms with Crippen LogP contribution in [0.2, 0.25) is 0 Å². The second-order valence-electron chi connectivity index (χ2n) is 7.87. The van der Waals surface area contributed by atoms with Gasteiger partial charge in [-0.05, 0) is 43.0 Å². The number of carboxylic acid groups (broad SMARTS) is 1. The van der Waals surface area contributed by atoms with E-state index in [1.54, 1.807) is 24.3 Å². The Morgan fingerprint density at radius 1 is 1.19 bits per heavy atom.